The van der Waals surface area contributed by atoms with Gasteiger partial charge in [0.2, 0.25) is 0 Å². The van der Waals surface area contributed by atoms with Crippen LogP contribution in [-0.4, -0.2) is 25.5 Å². The lowest BCUT2D eigenvalue weighted by atomic mass is 10.0. The summed E-state index contributed by atoms with van der Waals surface area (Å²) in [7, 11) is 0. The van der Waals surface area contributed by atoms with Crippen molar-refractivity contribution in [2.24, 2.45) is 5.92 Å². The summed E-state index contributed by atoms with van der Waals surface area (Å²) in [5.41, 5.74) is 3.36. The highest BCUT2D eigenvalue weighted by molar-refractivity contribution is 7.12. The molecule has 1 saturated heterocycles. The number of amides is 1. The van der Waals surface area contributed by atoms with Crippen molar-refractivity contribution in [2.45, 2.75) is 6.92 Å². The highest BCUT2D eigenvalue weighted by atomic mass is 35.5. The summed E-state index contributed by atoms with van der Waals surface area (Å²) in [5.74, 6) is 0.629. The van der Waals surface area contributed by atoms with Gasteiger partial charge in [-0.15, -0.1) is 23.7 Å². The molecule has 112 valence electrons. The third-order valence-corrected chi connectivity index (χ3v) is 4.56. The lowest BCUT2D eigenvalue weighted by Gasteiger charge is -2.27. The smallest absolute Gasteiger partial charge is 0.261 e. The van der Waals surface area contributed by atoms with Gasteiger partial charge >= 0.3 is 0 Å². The zero-order valence-electron chi connectivity index (χ0n) is 11.9. The van der Waals surface area contributed by atoms with Crippen molar-refractivity contribution >= 4 is 29.7 Å². The summed E-state index contributed by atoms with van der Waals surface area (Å²) in [6.45, 7) is 4.85. The summed E-state index contributed by atoms with van der Waals surface area (Å²) in [6, 6.07) is 10.3. The Balaban J connectivity index is 0.00000161. The summed E-state index contributed by atoms with van der Waals surface area (Å²) in [6.07, 6.45) is 0. The molecule has 1 fully saturated rings. The SMILES string of the molecule is Cc1ccc(-c2ccsc2C(=O)NCC2CNC2)cc1.Cl. The Morgan fingerprint density at radius 2 is 2.00 bits per heavy atom. The number of nitrogens with one attached hydrogen (secondary N) is 2. The molecule has 0 atom stereocenters. The molecule has 0 bridgehead atoms. The second kappa shape index (κ2) is 7.07. The molecular formula is C16H19ClN2OS. The number of hydrogen-bond acceptors (Lipinski definition) is 3. The van der Waals surface area contributed by atoms with Gasteiger partial charge in [0.1, 0.15) is 0 Å². The van der Waals surface area contributed by atoms with Gasteiger partial charge in [0, 0.05) is 31.1 Å². The van der Waals surface area contributed by atoms with Crippen LogP contribution in [0.5, 0.6) is 0 Å². The van der Waals surface area contributed by atoms with Crippen molar-refractivity contribution in [1.29, 1.82) is 0 Å². The van der Waals surface area contributed by atoms with Crippen LogP contribution in [0, 0.1) is 12.8 Å². The van der Waals surface area contributed by atoms with E-state index in [0.29, 0.717) is 5.92 Å². The first-order chi connectivity index (χ1) is 9.74. The van der Waals surface area contributed by atoms with Crippen molar-refractivity contribution in [3.05, 3.63) is 46.2 Å². The third-order valence-electron chi connectivity index (χ3n) is 3.65. The highest BCUT2D eigenvalue weighted by Crippen LogP contribution is 2.28. The zero-order chi connectivity index (χ0) is 13.9. The summed E-state index contributed by atoms with van der Waals surface area (Å²) in [5, 5.41) is 8.23. The Morgan fingerprint density at radius 1 is 1.29 bits per heavy atom. The summed E-state index contributed by atoms with van der Waals surface area (Å²) in [4.78, 5) is 13.1. The van der Waals surface area contributed by atoms with E-state index in [1.807, 2.05) is 11.4 Å². The monoisotopic (exact) mass is 322 g/mol. The molecule has 1 aromatic heterocycles. The highest BCUT2D eigenvalue weighted by Gasteiger charge is 2.19. The van der Waals surface area contributed by atoms with E-state index in [1.165, 1.54) is 16.9 Å². The second-order valence-corrected chi connectivity index (χ2v) is 6.18. The van der Waals surface area contributed by atoms with E-state index in [2.05, 4.69) is 41.8 Å². The molecule has 1 amide bonds. The summed E-state index contributed by atoms with van der Waals surface area (Å²) < 4.78 is 0. The lowest BCUT2D eigenvalue weighted by molar-refractivity contribution is 0.0947. The minimum Gasteiger partial charge on any atom is -0.351 e. The number of hydrogen-bond donors (Lipinski definition) is 2. The van der Waals surface area contributed by atoms with E-state index in [-0.39, 0.29) is 18.3 Å². The lowest BCUT2D eigenvalue weighted by Crippen LogP contribution is -2.48. The molecule has 0 saturated carbocycles. The molecule has 0 unspecified atom stereocenters. The third kappa shape index (κ3) is 3.64. The van der Waals surface area contributed by atoms with Crippen LogP contribution in [0.4, 0.5) is 0 Å². The quantitative estimate of drug-likeness (QED) is 0.908. The van der Waals surface area contributed by atoms with Gasteiger partial charge in [0.25, 0.3) is 5.91 Å². The standard InChI is InChI=1S/C16H18N2OS.ClH/c1-11-2-4-13(5-3-11)14-6-7-20-15(14)16(19)18-10-12-8-17-9-12;/h2-7,12,17H,8-10H2,1H3,(H,18,19);1H. The van der Waals surface area contributed by atoms with E-state index in [4.69, 9.17) is 0 Å². The first-order valence-corrected chi connectivity index (χ1v) is 7.75. The van der Waals surface area contributed by atoms with E-state index >= 15 is 0 Å². The average Bonchev–Trinajstić information content (AvgIpc) is 2.87. The molecule has 1 aliphatic heterocycles. The number of aryl methyl sites for hydroxylation is 1. The number of carbonyl (C=O) groups excluding carboxylic acids is 1. The molecule has 2 aromatic rings. The molecule has 3 nitrogen and oxygen atoms in total. The Hall–Kier alpha value is -1.36. The summed E-state index contributed by atoms with van der Waals surface area (Å²) >= 11 is 1.51. The molecule has 1 aromatic carbocycles. The molecule has 0 radical (unpaired) electrons. The van der Waals surface area contributed by atoms with Crippen molar-refractivity contribution in [2.75, 3.05) is 19.6 Å². The van der Waals surface area contributed by atoms with E-state index in [0.717, 1.165) is 35.6 Å². The van der Waals surface area contributed by atoms with Gasteiger partial charge in [0.05, 0.1) is 4.88 Å². The predicted octanol–water partition coefficient (Wildman–Crippen LogP) is 3.09. The van der Waals surface area contributed by atoms with Crippen LogP contribution in [-0.2, 0) is 0 Å². The van der Waals surface area contributed by atoms with Gasteiger partial charge in [-0.3, -0.25) is 4.79 Å². The number of carbonyl (C=O) groups is 1. The van der Waals surface area contributed by atoms with Gasteiger partial charge in [-0.2, -0.15) is 0 Å². The molecule has 0 aliphatic carbocycles. The topological polar surface area (TPSA) is 41.1 Å². The number of benzene rings is 1. The molecule has 21 heavy (non-hydrogen) atoms. The number of halogens is 1. The average molecular weight is 323 g/mol. The van der Waals surface area contributed by atoms with Crippen LogP contribution in [0.2, 0.25) is 0 Å². The van der Waals surface area contributed by atoms with Crippen LogP contribution >= 0.6 is 23.7 Å². The fourth-order valence-corrected chi connectivity index (χ4v) is 3.09. The molecule has 3 rings (SSSR count). The predicted molar refractivity (Wildman–Crippen MR) is 90.4 cm³/mol. The van der Waals surface area contributed by atoms with Crippen molar-refractivity contribution in [3.8, 4) is 11.1 Å². The Kier molecular flexibility index (Phi) is 5.39. The molecule has 2 heterocycles. The van der Waals surface area contributed by atoms with Gasteiger partial charge in [-0.1, -0.05) is 29.8 Å². The molecule has 0 spiro atoms. The Morgan fingerprint density at radius 3 is 2.62 bits per heavy atom. The number of thiophene rings is 1. The minimum absolute atomic E-state index is 0. The van der Waals surface area contributed by atoms with Crippen molar-refractivity contribution in [1.82, 2.24) is 10.6 Å². The van der Waals surface area contributed by atoms with E-state index in [9.17, 15) is 4.79 Å². The Labute approximate surface area is 135 Å². The van der Waals surface area contributed by atoms with E-state index in [1.54, 1.807) is 0 Å². The first kappa shape index (κ1) is 16.0. The van der Waals surface area contributed by atoms with Crippen molar-refractivity contribution in [3.63, 3.8) is 0 Å². The van der Waals surface area contributed by atoms with E-state index < -0.39 is 0 Å². The van der Waals surface area contributed by atoms with Gasteiger partial charge in [-0.05, 0) is 23.9 Å². The maximum Gasteiger partial charge on any atom is 0.261 e. The molecule has 1 aliphatic rings. The maximum atomic E-state index is 12.3. The molecular weight excluding hydrogens is 304 g/mol. The Bertz CT molecular complexity index is 605. The molecule has 2 N–H and O–H groups in total. The van der Waals surface area contributed by atoms with Gasteiger partial charge in [-0.25, -0.2) is 0 Å². The first-order valence-electron chi connectivity index (χ1n) is 6.87. The fraction of sp³-hybridized carbons (Fsp3) is 0.312. The fourth-order valence-electron chi connectivity index (χ4n) is 2.26. The largest absolute Gasteiger partial charge is 0.351 e. The van der Waals surface area contributed by atoms with Crippen LogP contribution in [0.25, 0.3) is 11.1 Å². The van der Waals surface area contributed by atoms with Crippen LogP contribution < -0.4 is 10.6 Å². The van der Waals surface area contributed by atoms with Crippen molar-refractivity contribution < 1.29 is 4.79 Å². The van der Waals surface area contributed by atoms with Crippen LogP contribution in [0.1, 0.15) is 15.2 Å². The van der Waals surface area contributed by atoms with Gasteiger partial charge in [0.15, 0.2) is 0 Å². The number of rotatable bonds is 4. The van der Waals surface area contributed by atoms with Crippen LogP contribution in [0.15, 0.2) is 35.7 Å². The maximum absolute atomic E-state index is 12.3. The second-order valence-electron chi connectivity index (χ2n) is 5.26. The minimum atomic E-state index is 0. The normalized spacial score (nSPS) is 14.1. The van der Waals surface area contributed by atoms with Gasteiger partial charge < -0.3 is 10.6 Å². The van der Waals surface area contributed by atoms with Crippen LogP contribution in [0.3, 0.4) is 0 Å². The zero-order valence-corrected chi connectivity index (χ0v) is 13.5. The molecule has 5 heteroatoms.